The number of halogens is 2. The second-order valence-corrected chi connectivity index (χ2v) is 4.75. The van der Waals surface area contributed by atoms with Crippen LogP contribution in [0.1, 0.15) is 12.0 Å². The number of rotatable bonds is 7. The van der Waals surface area contributed by atoms with Crippen molar-refractivity contribution in [2.45, 2.75) is 13.0 Å². The van der Waals surface area contributed by atoms with Crippen molar-refractivity contribution in [1.29, 1.82) is 0 Å². The van der Waals surface area contributed by atoms with Crippen LogP contribution in [0, 0.1) is 0 Å². The number of aryl methyl sites for hydroxylation is 1. The van der Waals surface area contributed by atoms with Gasteiger partial charge in [-0.2, -0.15) is 0 Å². The van der Waals surface area contributed by atoms with E-state index in [0.717, 1.165) is 31.1 Å². The van der Waals surface area contributed by atoms with Gasteiger partial charge in [0.25, 0.3) is 0 Å². The Balaban J connectivity index is 0.00000200. The van der Waals surface area contributed by atoms with Gasteiger partial charge in [-0.05, 0) is 30.7 Å². The molecule has 5 heteroatoms. The van der Waals surface area contributed by atoms with E-state index in [2.05, 4.69) is 27.0 Å². The van der Waals surface area contributed by atoms with E-state index in [4.69, 9.17) is 11.6 Å². The van der Waals surface area contributed by atoms with Gasteiger partial charge >= 0.3 is 0 Å². The minimum absolute atomic E-state index is 0. The van der Waals surface area contributed by atoms with Crippen LogP contribution in [0.2, 0.25) is 5.02 Å². The minimum Gasteiger partial charge on any atom is -0.337 e. The molecule has 1 aromatic heterocycles. The first-order valence-electron chi connectivity index (χ1n) is 6.43. The third-order valence-corrected chi connectivity index (χ3v) is 3.02. The van der Waals surface area contributed by atoms with Crippen molar-refractivity contribution in [2.75, 3.05) is 13.1 Å². The SMILES string of the molecule is Cl.Clc1ccc(/C=C/CNCCCn2ccnc2)cc1. The van der Waals surface area contributed by atoms with E-state index >= 15 is 0 Å². The number of hydrogen-bond donors (Lipinski definition) is 1. The lowest BCUT2D eigenvalue weighted by Gasteiger charge is -2.02. The Labute approximate surface area is 131 Å². The average Bonchev–Trinajstić information content (AvgIpc) is 2.93. The molecule has 108 valence electrons. The van der Waals surface area contributed by atoms with Gasteiger partial charge in [0.1, 0.15) is 0 Å². The first kappa shape index (κ1) is 16.8. The number of nitrogens with one attached hydrogen (secondary N) is 1. The van der Waals surface area contributed by atoms with Crippen LogP contribution in [0.4, 0.5) is 0 Å². The van der Waals surface area contributed by atoms with Gasteiger partial charge in [-0.15, -0.1) is 12.4 Å². The molecular formula is C15H19Cl2N3. The maximum absolute atomic E-state index is 5.83. The van der Waals surface area contributed by atoms with Crippen LogP contribution in [-0.2, 0) is 6.54 Å². The Morgan fingerprint density at radius 3 is 2.75 bits per heavy atom. The van der Waals surface area contributed by atoms with E-state index in [1.54, 1.807) is 0 Å². The summed E-state index contributed by atoms with van der Waals surface area (Å²) in [6, 6.07) is 7.83. The Morgan fingerprint density at radius 2 is 2.05 bits per heavy atom. The predicted molar refractivity (Wildman–Crippen MR) is 87.4 cm³/mol. The molecular weight excluding hydrogens is 293 g/mol. The lowest BCUT2D eigenvalue weighted by atomic mass is 10.2. The standard InChI is InChI=1S/C15H18ClN3.ClH/c16-15-6-4-14(5-7-15)3-1-8-17-9-2-11-19-12-10-18-13-19;/h1,3-7,10,12-13,17H,2,8-9,11H2;1H/b3-1+;. The number of imidazole rings is 1. The number of benzene rings is 1. The number of aromatic nitrogens is 2. The molecule has 0 aliphatic heterocycles. The predicted octanol–water partition coefficient (Wildman–Crippen LogP) is 3.65. The molecule has 0 amide bonds. The van der Waals surface area contributed by atoms with Gasteiger partial charge in [0.2, 0.25) is 0 Å². The van der Waals surface area contributed by atoms with Crippen molar-refractivity contribution >= 4 is 30.1 Å². The molecule has 1 aromatic carbocycles. The molecule has 20 heavy (non-hydrogen) atoms. The summed E-state index contributed by atoms with van der Waals surface area (Å²) >= 11 is 5.83. The molecule has 0 atom stereocenters. The summed E-state index contributed by atoms with van der Waals surface area (Å²) in [6.07, 6.45) is 11.0. The summed E-state index contributed by atoms with van der Waals surface area (Å²) in [4.78, 5) is 4.01. The molecule has 0 aliphatic rings. The van der Waals surface area contributed by atoms with Gasteiger partial charge in [-0.1, -0.05) is 35.9 Å². The van der Waals surface area contributed by atoms with E-state index in [1.807, 2.05) is 43.0 Å². The number of hydrogen-bond acceptors (Lipinski definition) is 2. The molecule has 0 radical (unpaired) electrons. The average molecular weight is 312 g/mol. The Hall–Kier alpha value is -1.29. The first-order valence-corrected chi connectivity index (χ1v) is 6.81. The highest BCUT2D eigenvalue weighted by Crippen LogP contribution is 2.10. The van der Waals surface area contributed by atoms with Crippen LogP contribution < -0.4 is 5.32 Å². The quantitative estimate of drug-likeness (QED) is 0.791. The van der Waals surface area contributed by atoms with Crippen molar-refractivity contribution in [1.82, 2.24) is 14.9 Å². The highest BCUT2D eigenvalue weighted by Gasteiger charge is 1.90. The van der Waals surface area contributed by atoms with Crippen molar-refractivity contribution in [2.24, 2.45) is 0 Å². The van der Waals surface area contributed by atoms with Gasteiger partial charge in [-0.25, -0.2) is 4.98 Å². The molecule has 0 saturated carbocycles. The van der Waals surface area contributed by atoms with E-state index in [0.29, 0.717) is 0 Å². The molecule has 1 N–H and O–H groups in total. The number of nitrogens with zero attached hydrogens (tertiary/aromatic N) is 2. The summed E-state index contributed by atoms with van der Waals surface area (Å²) in [5, 5.41) is 4.16. The van der Waals surface area contributed by atoms with Crippen LogP contribution in [0.15, 0.2) is 49.1 Å². The molecule has 0 unspecified atom stereocenters. The minimum atomic E-state index is 0. The van der Waals surface area contributed by atoms with E-state index in [9.17, 15) is 0 Å². The second-order valence-electron chi connectivity index (χ2n) is 4.31. The van der Waals surface area contributed by atoms with Crippen molar-refractivity contribution in [3.05, 3.63) is 59.6 Å². The molecule has 0 spiro atoms. The fraction of sp³-hybridized carbons (Fsp3) is 0.267. The second kappa shape index (κ2) is 9.59. The van der Waals surface area contributed by atoms with Crippen LogP contribution in [-0.4, -0.2) is 22.6 Å². The monoisotopic (exact) mass is 311 g/mol. The zero-order valence-corrected chi connectivity index (χ0v) is 12.8. The van der Waals surface area contributed by atoms with E-state index in [-0.39, 0.29) is 12.4 Å². The Kier molecular flexibility index (Phi) is 8.04. The largest absolute Gasteiger partial charge is 0.337 e. The van der Waals surface area contributed by atoms with Gasteiger partial charge in [0, 0.05) is 30.5 Å². The third-order valence-electron chi connectivity index (χ3n) is 2.77. The van der Waals surface area contributed by atoms with Crippen LogP contribution in [0.3, 0.4) is 0 Å². The summed E-state index contributed by atoms with van der Waals surface area (Å²) in [5.74, 6) is 0. The Morgan fingerprint density at radius 1 is 1.25 bits per heavy atom. The fourth-order valence-corrected chi connectivity index (χ4v) is 1.89. The lowest BCUT2D eigenvalue weighted by molar-refractivity contribution is 0.600. The summed E-state index contributed by atoms with van der Waals surface area (Å²) in [7, 11) is 0. The van der Waals surface area contributed by atoms with Gasteiger partial charge < -0.3 is 9.88 Å². The molecule has 1 heterocycles. The molecule has 2 rings (SSSR count). The zero-order valence-electron chi connectivity index (χ0n) is 11.2. The van der Waals surface area contributed by atoms with Gasteiger partial charge in [0.15, 0.2) is 0 Å². The maximum atomic E-state index is 5.83. The zero-order chi connectivity index (χ0) is 13.3. The van der Waals surface area contributed by atoms with Crippen molar-refractivity contribution in [3.8, 4) is 0 Å². The highest BCUT2D eigenvalue weighted by molar-refractivity contribution is 6.30. The van der Waals surface area contributed by atoms with Crippen LogP contribution in [0.25, 0.3) is 6.08 Å². The molecule has 0 bridgehead atoms. The smallest absolute Gasteiger partial charge is 0.0945 e. The molecule has 2 aromatic rings. The Bertz CT molecular complexity index is 492. The van der Waals surface area contributed by atoms with E-state index < -0.39 is 0 Å². The molecule has 0 fully saturated rings. The highest BCUT2D eigenvalue weighted by atomic mass is 35.5. The molecule has 3 nitrogen and oxygen atoms in total. The third kappa shape index (κ3) is 6.24. The molecule has 0 saturated heterocycles. The van der Waals surface area contributed by atoms with Crippen LogP contribution in [0.5, 0.6) is 0 Å². The molecule has 0 aliphatic carbocycles. The summed E-state index contributed by atoms with van der Waals surface area (Å²) in [6.45, 7) is 2.89. The summed E-state index contributed by atoms with van der Waals surface area (Å²) < 4.78 is 2.09. The fourth-order valence-electron chi connectivity index (χ4n) is 1.76. The maximum Gasteiger partial charge on any atom is 0.0945 e. The summed E-state index contributed by atoms with van der Waals surface area (Å²) in [5.41, 5.74) is 1.17. The van der Waals surface area contributed by atoms with Crippen LogP contribution >= 0.6 is 24.0 Å². The first-order chi connectivity index (χ1) is 9.34. The van der Waals surface area contributed by atoms with Crippen molar-refractivity contribution < 1.29 is 0 Å². The lowest BCUT2D eigenvalue weighted by Crippen LogP contribution is -2.16. The van der Waals surface area contributed by atoms with Crippen molar-refractivity contribution in [3.63, 3.8) is 0 Å². The van der Waals surface area contributed by atoms with E-state index in [1.165, 1.54) is 5.56 Å². The van der Waals surface area contributed by atoms with Gasteiger partial charge in [-0.3, -0.25) is 0 Å². The topological polar surface area (TPSA) is 29.9 Å². The normalized spacial score (nSPS) is 10.7. The van der Waals surface area contributed by atoms with Gasteiger partial charge in [0.05, 0.1) is 6.33 Å².